The van der Waals surface area contributed by atoms with Gasteiger partial charge in [-0.1, -0.05) is 36.4 Å². The summed E-state index contributed by atoms with van der Waals surface area (Å²) in [6, 6.07) is 17.5. The number of nitriles is 1. The normalized spacial score (nSPS) is 19.6. The monoisotopic (exact) mass is 362 g/mol. The predicted octanol–water partition coefficient (Wildman–Crippen LogP) is 4.36. The van der Waals surface area contributed by atoms with E-state index in [4.69, 9.17) is 10.00 Å². The number of amides is 1. The van der Waals surface area contributed by atoms with Crippen LogP contribution in [0.15, 0.2) is 54.6 Å². The number of hydrogen-bond acceptors (Lipinski definition) is 3. The molecule has 138 valence electrons. The Morgan fingerprint density at radius 2 is 2.07 bits per heavy atom. The van der Waals surface area contributed by atoms with E-state index in [1.807, 2.05) is 36.4 Å². The molecule has 5 nitrogen and oxygen atoms in total. The zero-order chi connectivity index (χ0) is 19.2. The van der Waals surface area contributed by atoms with E-state index in [1.165, 1.54) is 10.5 Å². The molecule has 27 heavy (non-hydrogen) atoms. The van der Waals surface area contributed by atoms with Crippen LogP contribution in [0.25, 0.3) is 6.08 Å². The van der Waals surface area contributed by atoms with E-state index in [9.17, 15) is 9.90 Å². The number of hydrogen-bond donors (Lipinski definition) is 1. The molecule has 0 radical (unpaired) electrons. The van der Waals surface area contributed by atoms with Crippen molar-refractivity contribution in [2.24, 2.45) is 5.92 Å². The Hall–Kier alpha value is -3.26. The number of methoxy groups -OCH3 is 1. The number of rotatable bonds is 4. The highest BCUT2D eigenvalue weighted by atomic mass is 16.5. The Kier molecular flexibility index (Phi) is 5.77. The highest BCUT2D eigenvalue weighted by molar-refractivity contribution is 5.65. The van der Waals surface area contributed by atoms with Gasteiger partial charge in [-0.2, -0.15) is 5.26 Å². The molecule has 2 aromatic rings. The third-order valence-corrected chi connectivity index (χ3v) is 5.02. The lowest BCUT2D eigenvalue weighted by Crippen LogP contribution is -2.41. The molecule has 1 saturated heterocycles. The van der Waals surface area contributed by atoms with Crippen LogP contribution < -0.4 is 4.74 Å². The molecule has 5 heteroatoms. The van der Waals surface area contributed by atoms with Crippen LogP contribution >= 0.6 is 0 Å². The highest BCUT2D eigenvalue weighted by Crippen LogP contribution is 2.35. The molecule has 1 amide bonds. The molecule has 0 aromatic heterocycles. The Morgan fingerprint density at radius 1 is 1.30 bits per heavy atom. The van der Waals surface area contributed by atoms with Gasteiger partial charge in [0.25, 0.3) is 0 Å². The molecule has 0 saturated carbocycles. The molecular weight excluding hydrogens is 340 g/mol. The second-order valence-electron chi connectivity index (χ2n) is 6.66. The number of ether oxygens (including phenoxy) is 1. The molecule has 1 fully saturated rings. The zero-order valence-corrected chi connectivity index (χ0v) is 15.2. The number of carbonyl (C=O) groups is 1. The lowest BCUT2D eigenvalue weighted by molar-refractivity contribution is 0.121. The van der Waals surface area contributed by atoms with Crippen LogP contribution in [0.1, 0.15) is 29.0 Å². The van der Waals surface area contributed by atoms with Gasteiger partial charge in [-0.15, -0.1) is 0 Å². The molecular formula is C22H22N2O3. The first-order valence-electron chi connectivity index (χ1n) is 8.91. The van der Waals surface area contributed by atoms with Crippen molar-refractivity contribution in [1.82, 2.24) is 4.90 Å². The van der Waals surface area contributed by atoms with Crippen LogP contribution in [0.4, 0.5) is 4.79 Å². The van der Waals surface area contributed by atoms with Crippen LogP contribution in [0.3, 0.4) is 0 Å². The van der Waals surface area contributed by atoms with Gasteiger partial charge in [-0.05, 0) is 47.7 Å². The number of piperidine rings is 1. The molecule has 1 aliphatic heterocycles. The number of carboxylic acid groups (broad SMARTS) is 1. The summed E-state index contributed by atoms with van der Waals surface area (Å²) in [6.07, 6.45) is 3.94. The number of likely N-dealkylation sites (tertiary alicyclic amines) is 1. The topological polar surface area (TPSA) is 73.6 Å². The largest absolute Gasteiger partial charge is 0.497 e. The second-order valence-corrected chi connectivity index (χ2v) is 6.66. The van der Waals surface area contributed by atoms with E-state index in [0.29, 0.717) is 18.7 Å². The quantitative estimate of drug-likeness (QED) is 0.877. The van der Waals surface area contributed by atoms with Gasteiger partial charge in [0.1, 0.15) is 5.75 Å². The third kappa shape index (κ3) is 4.48. The smallest absolute Gasteiger partial charge is 0.407 e. The van der Waals surface area contributed by atoms with Gasteiger partial charge < -0.3 is 14.7 Å². The molecule has 2 atom stereocenters. The molecule has 2 unspecified atom stereocenters. The first-order chi connectivity index (χ1) is 13.1. The molecule has 1 heterocycles. The number of benzene rings is 2. The average molecular weight is 362 g/mol. The van der Waals surface area contributed by atoms with Gasteiger partial charge in [-0.3, -0.25) is 0 Å². The average Bonchev–Trinajstić information content (AvgIpc) is 2.72. The van der Waals surface area contributed by atoms with E-state index >= 15 is 0 Å². The van der Waals surface area contributed by atoms with E-state index in [1.54, 1.807) is 13.2 Å². The van der Waals surface area contributed by atoms with E-state index in [-0.39, 0.29) is 11.8 Å². The lowest BCUT2D eigenvalue weighted by atomic mass is 9.80. The fourth-order valence-electron chi connectivity index (χ4n) is 3.56. The standard InChI is InChI=1S/C22H22N2O3/c1-27-20-9-7-18(8-10-20)21-11-12-24(22(25)26)15-19(21)6-5-16-3-2-4-17(13-16)14-23/h2-10,13,19,21H,11-12,15H2,1H3,(H,25,26). The Labute approximate surface area is 159 Å². The minimum absolute atomic E-state index is 0.0639. The molecule has 0 aliphatic carbocycles. The summed E-state index contributed by atoms with van der Waals surface area (Å²) in [4.78, 5) is 12.9. The van der Waals surface area contributed by atoms with Gasteiger partial charge in [0.2, 0.25) is 0 Å². The van der Waals surface area contributed by atoms with Gasteiger partial charge >= 0.3 is 6.09 Å². The molecule has 0 spiro atoms. The van der Waals surface area contributed by atoms with Crippen molar-refractivity contribution >= 4 is 12.2 Å². The van der Waals surface area contributed by atoms with Crippen molar-refractivity contribution in [1.29, 1.82) is 5.26 Å². The van der Waals surface area contributed by atoms with Gasteiger partial charge in [-0.25, -0.2) is 4.79 Å². The van der Waals surface area contributed by atoms with Crippen molar-refractivity contribution in [3.63, 3.8) is 0 Å². The maximum Gasteiger partial charge on any atom is 0.407 e. The van der Waals surface area contributed by atoms with Crippen LogP contribution in [0.2, 0.25) is 0 Å². The fourth-order valence-corrected chi connectivity index (χ4v) is 3.56. The van der Waals surface area contributed by atoms with Gasteiger partial charge in [0.05, 0.1) is 18.7 Å². The minimum atomic E-state index is -0.881. The minimum Gasteiger partial charge on any atom is -0.497 e. The molecule has 1 N–H and O–H groups in total. The third-order valence-electron chi connectivity index (χ3n) is 5.02. The van der Waals surface area contributed by atoms with Crippen LogP contribution in [0.5, 0.6) is 5.75 Å². The van der Waals surface area contributed by atoms with Gasteiger partial charge in [0.15, 0.2) is 0 Å². The van der Waals surface area contributed by atoms with Crippen molar-refractivity contribution in [3.8, 4) is 11.8 Å². The SMILES string of the molecule is COc1ccc(C2CCN(C(=O)O)CC2C=Cc2cccc(C#N)c2)cc1. The summed E-state index contributed by atoms with van der Waals surface area (Å²) >= 11 is 0. The second kappa shape index (κ2) is 8.41. The van der Waals surface area contributed by atoms with E-state index in [0.717, 1.165) is 17.7 Å². The van der Waals surface area contributed by atoms with Crippen molar-refractivity contribution in [2.45, 2.75) is 12.3 Å². The Balaban J connectivity index is 1.85. The summed E-state index contributed by atoms with van der Waals surface area (Å²) in [5.74, 6) is 1.11. The summed E-state index contributed by atoms with van der Waals surface area (Å²) in [5.41, 5.74) is 2.73. The van der Waals surface area contributed by atoms with Crippen molar-refractivity contribution in [3.05, 3.63) is 71.3 Å². The maximum atomic E-state index is 11.4. The first kappa shape index (κ1) is 18.5. The summed E-state index contributed by atoms with van der Waals surface area (Å²) in [6.45, 7) is 0.987. The maximum absolute atomic E-state index is 11.4. The van der Waals surface area contributed by atoms with Crippen LogP contribution in [0, 0.1) is 17.2 Å². The molecule has 2 aromatic carbocycles. The molecule has 3 rings (SSSR count). The highest BCUT2D eigenvalue weighted by Gasteiger charge is 2.30. The fraction of sp³-hybridized carbons (Fsp3) is 0.273. The van der Waals surface area contributed by atoms with Crippen LogP contribution in [-0.4, -0.2) is 36.3 Å². The molecule has 0 bridgehead atoms. The zero-order valence-electron chi connectivity index (χ0n) is 15.2. The molecule has 1 aliphatic rings. The van der Waals surface area contributed by atoms with E-state index < -0.39 is 6.09 Å². The first-order valence-corrected chi connectivity index (χ1v) is 8.91. The summed E-state index contributed by atoms with van der Waals surface area (Å²) in [5, 5.41) is 18.4. The van der Waals surface area contributed by atoms with Crippen molar-refractivity contribution < 1.29 is 14.6 Å². The Morgan fingerprint density at radius 3 is 2.74 bits per heavy atom. The van der Waals surface area contributed by atoms with E-state index in [2.05, 4.69) is 24.3 Å². The van der Waals surface area contributed by atoms with Gasteiger partial charge in [0, 0.05) is 19.0 Å². The van der Waals surface area contributed by atoms with Crippen LogP contribution in [-0.2, 0) is 0 Å². The Bertz CT molecular complexity index is 868. The van der Waals surface area contributed by atoms with Crippen molar-refractivity contribution in [2.75, 3.05) is 20.2 Å². The predicted molar refractivity (Wildman–Crippen MR) is 104 cm³/mol. The number of nitrogens with zero attached hydrogens (tertiary/aromatic N) is 2. The summed E-state index contributed by atoms with van der Waals surface area (Å²) < 4.78 is 5.23. The summed E-state index contributed by atoms with van der Waals surface area (Å²) in [7, 11) is 1.64. The lowest BCUT2D eigenvalue weighted by Gasteiger charge is -2.36.